The lowest BCUT2D eigenvalue weighted by Gasteiger charge is -2.31. The second-order valence-corrected chi connectivity index (χ2v) is 9.49. The molecule has 202 valence electrons. The van der Waals surface area contributed by atoms with E-state index in [1.54, 1.807) is 12.0 Å². The summed E-state index contributed by atoms with van der Waals surface area (Å²) in [6.45, 7) is 2.70. The van der Waals surface area contributed by atoms with Crippen molar-refractivity contribution >= 4 is 22.6 Å². The molecule has 0 aliphatic carbocycles. The van der Waals surface area contributed by atoms with Gasteiger partial charge < -0.3 is 19.7 Å². The maximum atomic E-state index is 13.9. The number of unbranched alkanes of at least 4 members (excludes halogenated alkanes) is 1. The number of benzene rings is 4. The fraction of sp³-hybridized carbons (Fsp3) is 0.273. The first kappa shape index (κ1) is 27.7. The number of fused-ring (bicyclic) bond motifs is 1. The van der Waals surface area contributed by atoms with Crippen LogP contribution in [0.3, 0.4) is 0 Å². The molecule has 0 spiro atoms. The minimum absolute atomic E-state index is 0.172. The first-order valence-electron chi connectivity index (χ1n) is 13.4. The summed E-state index contributed by atoms with van der Waals surface area (Å²) in [5, 5.41) is 5.02. The maximum Gasteiger partial charge on any atom is 0.261 e. The summed E-state index contributed by atoms with van der Waals surface area (Å²) >= 11 is 0. The highest BCUT2D eigenvalue weighted by Gasteiger charge is 2.30. The molecular weight excluding hydrogens is 488 g/mol. The average molecular weight is 525 g/mol. The van der Waals surface area contributed by atoms with E-state index in [2.05, 4.69) is 12.2 Å². The predicted octanol–water partition coefficient (Wildman–Crippen LogP) is 5.78. The van der Waals surface area contributed by atoms with Gasteiger partial charge in [-0.2, -0.15) is 0 Å². The Morgan fingerprint density at radius 1 is 0.872 bits per heavy atom. The average Bonchev–Trinajstić information content (AvgIpc) is 2.98. The third-order valence-electron chi connectivity index (χ3n) is 6.69. The summed E-state index contributed by atoms with van der Waals surface area (Å²) < 4.78 is 11.5. The molecule has 0 saturated carbocycles. The summed E-state index contributed by atoms with van der Waals surface area (Å²) in [7, 11) is 1.61. The van der Waals surface area contributed by atoms with Crippen LogP contribution >= 0.6 is 0 Å². The molecule has 0 aromatic heterocycles. The molecule has 0 fully saturated rings. The van der Waals surface area contributed by atoms with E-state index >= 15 is 0 Å². The Bertz CT molecular complexity index is 1370. The molecule has 0 bridgehead atoms. The highest BCUT2D eigenvalue weighted by atomic mass is 16.5. The zero-order valence-electron chi connectivity index (χ0n) is 22.6. The second-order valence-electron chi connectivity index (χ2n) is 9.49. The molecule has 0 heterocycles. The van der Waals surface area contributed by atoms with E-state index in [4.69, 9.17) is 9.47 Å². The standard InChI is InChI=1S/C33H36N2O4/c1-3-4-20-34-33(37)30(22-25-12-6-5-7-13-25)35(23-26-14-10-17-28(21-26)38-2)32(36)24-39-31-19-11-16-27-15-8-9-18-29(27)31/h5-19,21,30H,3-4,20,22-24H2,1-2H3,(H,34,37)/t30-/m0/s1. The van der Waals surface area contributed by atoms with E-state index in [0.717, 1.165) is 34.7 Å². The van der Waals surface area contributed by atoms with Crippen molar-refractivity contribution in [2.24, 2.45) is 0 Å². The largest absolute Gasteiger partial charge is 0.497 e. The maximum absolute atomic E-state index is 13.9. The number of hydrogen-bond acceptors (Lipinski definition) is 4. The quantitative estimate of drug-likeness (QED) is 0.225. The SMILES string of the molecule is CCCCNC(=O)[C@H](Cc1ccccc1)N(Cc1cccc(OC)c1)C(=O)COc1cccc2ccccc12. The highest BCUT2D eigenvalue weighted by Crippen LogP contribution is 2.25. The fourth-order valence-electron chi connectivity index (χ4n) is 4.57. The smallest absolute Gasteiger partial charge is 0.261 e. The molecule has 0 saturated heterocycles. The zero-order valence-corrected chi connectivity index (χ0v) is 22.6. The minimum Gasteiger partial charge on any atom is -0.497 e. The molecule has 4 aromatic rings. The van der Waals surface area contributed by atoms with Crippen LogP contribution in [0.4, 0.5) is 0 Å². The van der Waals surface area contributed by atoms with Gasteiger partial charge in [-0.25, -0.2) is 0 Å². The van der Waals surface area contributed by atoms with E-state index in [0.29, 0.717) is 24.5 Å². The summed E-state index contributed by atoms with van der Waals surface area (Å²) in [6.07, 6.45) is 2.23. The van der Waals surface area contributed by atoms with Gasteiger partial charge in [0.25, 0.3) is 5.91 Å². The van der Waals surface area contributed by atoms with E-state index in [1.165, 1.54) is 0 Å². The lowest BCUT2D eigenvalue weighted by Crippen LogP contribution is -2.51. The third-order valence-corrected chi connectivity index (χ3v) is 6.69. The van der Waals surface area contributed by atoms with Crippen molar-refractivity contribution in [1.82, 2.24) is 10.2 Å². The number of rotatable bonds is 13. The fourth-order valence-corrected chi connectivity index (χ4v) is 4.57. The summed E-state index contributed by atoms with van der Waals surface area (Å²) in [4.78, 5) is 29.1. The van der Waals surface area contributed by atoms with Crippen LogP contribution < -0.4 is 14.8 Å². The van der Waals surface area contributed by atoms with Crippen molar-refractivity contribution in [3.05, 3.63) is 108 Å². The Morgan fingerprint density at radius 2 is 1.59 bits per heavy atom. The number of methoxy groups -OCH3 is 1. The van der Waals surface area contributed by atoms with Gasteiger partial charge in [0.05, 0.1) is 7.11 Å². The number of nitrogens with one attached hydrogen (secondary N) is 1. The van der Waals surface area contributed by atoms with Crippen molar-refractivity contribution in [3.8, 4) is 11.5 Å². The summed E-state index contributed by atoms with van der Waals surface area (Å²) in [5.41, 5.74) is 1.85. The Morgan fingerprint density at radius 3 is 2.38 bits per heavy atom. The lowest BCUT2D eigenvalue weighted by atomic mass is 10.0. The zero-order chi connectivity index (χ0) is 27.5. The van der Waals surface area contributed by atoms with Crippen LogP contribution in [0.15, 0.2) is 97.1 Å². The molecule has 1 atom stereocenters. The number of ether oxygens (including phenoxy) is 2. The topological polar surface area (TPSA) is 67.9 Å². The normalized spacial score (nSPS) is 11.5. The van der Waals surface area contributed by atoms with E-state index in [9.17, 15) is 9.59 Å². The Labute approximate surface area is 230 Å². The van der Waals surface area contributed by atoms with Gasteiger partial charge in [-0.15, -0.1) is 0 Å². The molecule has 0 aliphatic heterocycles. The molecule has 6 heteroatoms. The number of amides is 2. The highest BCUT2D eigenvalue weighted by molar-refractivity contribution is 5.90. The number of carbonyl (C=O) groups is 2. The third kappa shape index (κ3) is 7.60. The second kappa shape index (κ2) is 14.0. The molecule has 2 amide bonds. The van der Waals surface area contributed by atoms with Gasteiger partial charge in [0.2, 0.25) is 5.91 Å². The van der Waals surface area contributed by atoms with Crippen LogP contribution in [-0.2, 0) is 22.6 Å². The van der Waals surface area contributed by atoms with Crippen molar-refractivity contribution in [2.75, 3.05) is 20.3 Å². The van der Waals surface area contributed by atoms with Gasteiger partial charge in [-0.1, -0.05) is 92.2 Å². The minimum atomic E-state index is -0.709. The Balaban J connectivity index is 1.64. The monoisotopic (exact) mass is 524 g/mol. The van der Waals surface area contributed by atoms with Crippen molar-refractivity contribution in [3.63, 3.8) is 0 Å². The molecule has 0 radical (unpaired) electrons. The van der Waals surface area contributed by atoms with Gasteiger partial charge in [-0.05, 0) is 41.1 Å². The molecule has 4 aromatic carbocycles. The Kier molecular flexibility index (Phi) is 9.95. The molecular formula is C33H36N2O4. The van der Waals surface area contributed by atoms with Crippen LogP contribution in [-0.4, -0.2) is 43.0 Å². The first-order valence-corrected chi connectivity index (χ1v) is 13.4. The van der Waals surface area contributed by atoms with Crippen molar-refractivity contribution < 1.29 is 19.1 Å². The van der Waals surface area contributed by atoms with Gasteiger partial charge in [-0.3, -0.25) is 9.59 Å². The Hall–Kier alpha value is -4.32. The molecule has 0 unspecified atom stereocenters. The predicted molar refractivity (Wildman–Crippen MR) is 155 cm³/mol. The van der Waals surface area contributed by atoms with Gasteiger partial charge in [0.15, 0.2) is 6.61 Å². The van der Waals surface area contributed by atoms with E-state index in [-0.39, 0.29) is 25.0 Å². The van der Waals surface area contributed by atoms with Crippen molar-refractivity contribution in [2.45, 2.75) is 38.8 Å². The van der Waals surface area contributed by atoms with E-state index in [1.807, 2.05) is 97.1 Å². The number of hydrogen-bond donors (Lipinski definition) is 1. The molecule has 6 nitrogen and oxygen atoms in total. The van der Waals surface area contributed by atoms with Crippen LogP contribution in [0.2, 0.25) is 0 Å². The van der Waals surface area contributed by atoms with E-state index < -0.39 is 6.04 Å². The van der Waals surface area contributed by atoms with Gasteiger partial charge in [0.1, 0.15) is 17.5 Å². The first-order chi connectivity index (χ1) is 19.1. The van der Waals surface area contributed by atoms with Gasteiger partial charge in [0, 0.05) is 24.9 Å². The van der Waals surface area contributed by atoms with Crippen LogP contribution in [0.25, 0.3) is 10.8 Å². The van der Waals surface area contributed by atoms with Crippen molar-refractivity contribution in [1.29, 1.82) is 0 Å². The summed E-state index contributed by atoms with van der Waals surface area (Å²) in [5.74, 6) is 0.889. The molecule has 39 heavy (non-hydrogen) atoms. The van der Waals surface area contributed by atoms with Gasteiger partial charge >= 0.3 is 0 Å². The van der Waals surface area contributed by atoms with Crippen LogP contribution in [0, 0.1) is 0 Å². The molecule has 0 aliphatic rings. The molecule has 4 rings (SSSR count). The number of nitrogens with zero attached hydrogens (tertiary/aromatic N) is 1. The molecule has 1 N–H and O–H groups in total. The van der Waals surface area contributed by atoms with Crippen LogP contribution in [0.5, 0.6) is 11.5 Å². The summed E-state index contributed by atoms with van der Waals surface area (Å²) in [6, 6.07) is 30.3. The number of carbonyl (C=O) groups excluding carboxylic acids is 2. The lowest BCUT2D eigenvalue weighted by molar-refractivity contribution is -0.142. The van der Waals surface area contributed by atoms with Crippen LogP contribution in [0.1, 0.15) is 30.9 Å².